The summed E-state index contributed by atoms with van der Waals surface area (Å²) < 4.78 is 19.0. The van der Waals surface area contributed by atoms with E-state index in [2.05, 4.69) is 10.3 Å². The number of hydrogen-bond acceptors (Lipinski definition) is 3. The molecule has 0 saturated heterocycles. The van der Waals surface area contributed by atoms with Crippen LogP contribution in [0.2, 0.25) is 0 Å². The number of carboxylic acids is 1. The van der Waals surface area contributed by atoms with Gasteiger partial charge < -0.3 is 20.1 Å². The molecular formula is C17H19FN2O4. The second-order valence-corrected chi connectivity index (χ2v) is 6.16. The summed E-state index contributed by atoms with van der Waals surface area (Å²) in [5.74, 6) is -0.696. The smallest absolute Gasteiger partial charge is 0.303 e. The number of aromatic nitrogens is 1. The number of carbonyl (C=O) groups is 2. The van der Waals surface area contributed by atoms with Gasteiger partial charge in [-0.05, 0) is 43.4 Å². The zero-order valence-corrected chi connectivity index (χ0v) is 13.3. The van der Waals surface area contributed by atoms with Gasteiger partial charge >= 0.3 is 5.97 Å². The molecule has 1 aliphatic rings. The quantitative estimate of drug-likeness (QED) is 0.757. The first-order valence-electron chi connectivity index (χ1n) is 7.85. The Morgan fingerprint density at radius 2 is 2.17 bits per heavy atom. The summed E-state index contributed by atoms with van der Waals surface area (Å²) >= 11 is 0. The van der Waals surface area contributed by atoms with Gasteiger partial charge in [0, 0.05) is 17.8 Å². The van der Waals surface area contributed by atoms with Gasteiger partial charge in [0.05, 0.1) is 12.6 Å². The molecule has 1 heterocycles. The van der Waals surface area contributed by atoms with Gasteiger partial charge in [-0.2, -0.15) is 0 Å². The first-order chi connectivity index (χ1) is 11.5. The third-order valence-corrected chi connectivity index (χ3v) is 4.50. The maximum atomic E-state index is 13.9. The predicted molar refractivity (Wildman–Crippen MR) is 85.7 cm³/mol. The average molecular weight is 334 g/mol. The van der Waals surface area contributed by atoms with E-state index in [4.69, 9.17) is 9.84 Å². The Bertz CT molecular complexity index is 780. The fourth-order valence-corrected chi connectivity index (χ4v) is 3.14. The number of rotatable bonds is 6. The van der Waals surface area contributed by atoms with Crippen molar-refractivity contribution < 1.29 is 23.8 Å². The van der Waals surface area contributed by atoms with Crippen LogP contribution >= 0.6 is 0 Å². The Morgan fingerprint density at radius 1 is 1.42 bits per heavy atom. The van der Waals surface area contributed by atoms with Gasteiger partial charge in [-0.25, -0.2) is 4.39 Å². The van der Waals surface area contributed by atoms with Crippen LogP contribution in [0.4, 0.5) is 4.39 Å². The number of carboxylic acid groups (broad SMARTS) is 1. The highest BCUT2D eigenvalue weighted by atomic mass is 19.1. The lowest BCUT2D eigenvalue weighted by molar-refractivity contribution is -0.137. The molecule has 1 saturated carbocycles. The third kappa shape index (κ3) is 3.20. The van der Waals surface area contributed by atoms with E-state index < -0.39 is 11.8 Å². The fraction of sp³-hybridized carbons (Fsp3) is 0.412. The highest BCUT2D eigenvalue weighted by Gasteiger charge is 2.31. The molecule has 3 N–H and O–H groups in total. The molecule has 3 rings (SSSR count). The maximum Gasteiger partial charge on any atom is 0.303 e. The molecule has 0 aliphatic heterocycles. The van der Waals surface area contributed by atoms with E-state index in [-0.39, 0.29) is 29.6 Å². The first kappa shape index (κ1) is 16.3. The molecule has 6 nitrogen and oxygen atoms in total. The van der Waals surface area contributed by atoms with Crippen molar-refractivity contribution in [3.05, 3.63) is 29.7 Å². The summed E-state index contributed by atoms with van der Waals surface area (Å²) in [4.78, 5) is 25.6. The summed E-state index contributed by atoms with van der Waals surface area (Å²) in [7, 11) is 1.49. The zero-order chi connectivity index (χ0) is 17.3. The summed E-state index contributed by atoms with van der Waals surface area (Å²) in [5, 5.41) is 12.1. The van der Waals surface area contributed by atoms with Gasteiger partial charge in [-0.15, -0.1) is 0 Å². The van der Waals surface area contributed by atoms with Crippen LogP contribution < -0.4 is 10.1 Å². The average Bonchev–Trinajstić information content (AvgIpc) is 2.95. The van der Waals surface area contributed by atoms with E-state index in [1.54, 1.807) is 6.07 Å². The van der Waals surface area contributed by atoms with E-state index in [0.29, 0.717) is 23.5 Å². The number of ether oxygens (including phenoxy) is 1. The molecule has 0 radical (unpaired) electrons. The molecule has 0 atom stereocenters. The minimum absolute atomic E-state index is 0.0365. The standard InChI is InChI=1S/C17H19FN2O4/c1-24-14-4-3-12(18)16-11(14)8-13(20-16)17(23)19-10-6-9(7-10)2-5-15(21)22/h3-4,8-10,20H,2,5-7H2,1H3,(H,19,23)(H,21,22). The minimum Gasteiger partial charge on any atom is -0.496 e. The van der Waals surface area contributed by atoms with Crippen molar-refractivity contribution in [1.29, 1.82) is 0 Å². The number of hydrogen-bond donors (Lipinski definition) is 3. The molecule has 24 heavy (non-hydrogen) atoms. The molecule has 0 spiro atoms. The second kappa shape index (κ2) is 6.51. The lowest BCUT2D eigenvalue weighted by Crippen LogP contribution is -2.44. The van der Waals surface area contributed by atoms with E-state index in [1.165, 1.54) is 19.2 Å². The Morgan fingerprint density at radius 3 is 2.83 bits per heavy atom. The van der Waals surface area contributed by atoms with Crippen LogP contribution in [0.1, 0.15) is 36.2 Å². The van der Waals surface area contributed by atoms with Crippen molar-refractivity contribution in [3.8, 4) is 5.75 Å². The topological polar surface area (TPSA) is 91.4 Å². The van der Waals surface area contributed by atoms with Crippen LogP contribution in [0.5, 0.6) is 5.75 Å². The fourth-order valence-electron chi connectivity index (χ4n) is 3.14. The number of H-pyrrole nitrogens is 1. The molecule has 2 aromatic rings. The summed E-state index contributed by atoms with van der Waals surface area (Å²) in [6.07, 6.45) is 2.34. The number of aliphatic carboxylic acids is 1. The van der Waals surface area contributed by atoms with Crippen LogP contribution in [0.3, 0.4) is 0 Å². The molecular weight excluding hydrogens is 315 g/mol. The molecule has 1 aliphatic carbocycles. The van der Waals surface area contributed by atoms with Gasteiger partial charge in [-0.1, -0.05) is 0 Å². The highest BCUT2D eigenvalue weighted by molar-refractivity contribution is 6.00. The number of aromatic amines is 1. The third-order valence-electron chi connectivity index (χ3n) is 4.50. The van der Waals surface area contributed by atoms with Crippen molar-refractivity contribution in [3.63, 3.8) is 0 Å². The van der Waals surface area contributed by atoms with E-state index >= 15 is 0 Å². The lowest BCUT2D eigenvalue weighted by atomic mass is 9.77. The van der Waals surface area contributed by atoms with E-state index in [1.807, 2.05) is 0 Å². The number of fused-ring (bicyclic) bond motifs is 1. The molecule has 7 heteroatoms. The molecule has 1 amide bonds. The van der Waals surface area contributed by atoms with Crippen molar-refractivity contribution in [2.75, 3.05) is 7.11 Å². The zero-order valence-electron chi connectivity index (χ0n) is 13.3. The first-order valence-corrected chi connectivity index (χ1v) is 7.85. The number of nitrogens with one attached hydrogen (secondary N) is 2. The molecule has 0 bridgehead atoms. The minimum atomic E-state index is -0.795. The number of methoxy groups -OCH3 is 1. The van der Waals surface area contributed by atoms with Crippen LogP contribution in [0, 0.1) is 11.7 Å². The normalized spacial score (nSPS) is 19.8. The molecule has 1 aromatic heterocycles. The van der Waals surface area contributed by atoms with Gasteiger partial charge in [-0.3, -0.25) is 9.59 Å². The summed E-state index contributed by atoms with van der Waals surface area (Å²) in [5.41, 5.74) is 0.523. The lowest BCUT2D eigenvalue weighted by Gasteiger charge is -2.35. The SMILES string of the molecule is COc1ccc(F)c2[nH]c(C(=O)NC3CC(CCC(=O)O)C3)cc12. The monoisotopic (exact) mass is 334 g/mol. The number of halogens is 1. The van der Waals surface area contributed by atoms with Crippen LogP contribution in [-0.2, 0) is 4.79 Å². The molecule has 0 unspecified atom stereocenters. The van der Waals surface area contributed by atoms with Crippen LogP contribution in [-0.4, -0.2) is 35.1 Å². The van der Waals surface area contributed by atoms with Crippen molar-refractivity contribution in [2.45, 2.75) is 31.7 Å². The van der Waals surface area contributed by atoms with Gasteiger partial charge in [0.15, 0.2) is 0 Å². The Hall–Kier alpha value is -2.57. The number of amides is 1. The molecule has 1 aromatic carbocycles. The highest BCUT2D eigenvalue weighted by Crippen LogP contribution is 2.32. The van der Waals surface area contributed by atoms with Gasteiger partial charge in [0.25, 0.3) is 5.91 Å². The molecule has 128 valence electrons. The van der Waals surface area contributed by atoms with Crippen molar-refractivity contribution in [2.24, 2.45) is 5.92 Å². The van der Waals surface area contributed by atoms with Crippen molar-refractivity contribution >= 4 is 22.8 Å². The van der Waals surface area contributed by atoms with Crippen molar-refractivity contribution in [1.82, 2.24) is 10.3 Å². The summed E-state index contributed by atoms with van der Waals surface area (Å²) in [6, 6.07) is 4.42. The summed E-state index contributed by atoms with van der Waals surface area (Å²) in [6.45, 7) is 0. The Labute approximate surface area is 138 Å². The second-order valence-electron chi connectivity index (χ2n) is 6.16. The van der Waals surface area contributed by atoms with Gasteiger partial charge in [0.2, 0.25) is 0 Å². The maximum absolute atomic E-state index is 13.9. The Kier molecular flexibility index (Phi) is 4.42. The largest absolute Gasteiger partial charge is 0.496 e. The van der Waals surface area contributed by atoms with Crippen LogP contribution in [0.15, 0.2) is 18.2 Å². The van der Waals surface area contributed by atoms with E-state index in [9.17, 15) is 14.0 Å². The number of carbonyl (C=O) groups excluding carboxylic acids is 1. The predicted octanol–water partition coefficient (Wildman–Crippen LogP) is 2.69. The van der Waals surface area contributed by atoms with E-state index in [0.717, 1.165) is 12.8 Å². The van der Waals surface area contributed by atoms with Crippen LogP contribution in [0.25, 0.3) is 10.9 Å². The van der Waals surface area contributed by atoms with Gasteiger partial charge in [0.1, 0.15) is 17.3 Å². The molecule has 1 fully saturated rings. The Balaban J connectivity index is 1.63. The number of benzene rings is 1.